The van der Waals surface area contributed by atoms with Gasteiger partial charge in [0, 0.05) is 38.8 Å². The van der Waals surface area contributed by atoms with Crippen LogP contribution in [0, 0.1) is 0 Å². The number of piperazine rings is 1. The van der Waals surface area contributed by atoms with Crippen molar-refractivity contribution in [3.8, 4) is 0 Å². The maximum Gasteiger partial charge on any atom is 0.225 e. The van der Waals surface area contributed by atoms with Crippen molar-refractivity contribution < 1.29 is 14.6 Å². The van der Waals surface area contributed by atoms with Gasteiger partial charge in [0.15, 0.2) is 0 Å². The first-order chi connectivity index (χ1) is 11.3. The third-order valence-electron chi connectivity index (χ3n) is 4.90. The van der Waals surface area contributed by atoms with Crippen molar-refractivity contribution in [2.24, 2.45) is 0 Å². The SMILES string of the molecule is COCCN1[C@H](C)CN(C(=O)C[C@](C)(O)c2ccccc2)C[C@H]1C. The number of hydrogen-bond donors (Lipinski definition) is 1. The molecule has 1 heterocycles. The van der Waals surface area contributed by atoms with Gasteiger partial charge in [0.2, 0.25) is 5.91 Å². The molecule has 0 radical (unpaired) electrons. The Morgan fingerprint density at radius 1 is 1.25 bits per heavy atom. The lowest BCUT2D eigenvalue weighted by molar-refractivity contribution is -0.140. The predicted molar refractivity (Wildman–Crippen MR) is 94.7 cm³/mol. The molecule has 0 spiro atoms. The van der Waals surface area contributed by atoms with Crippen molar-refractivity contribution in [3.05, 3.63) is 35.9 Å². The van der Waals surface area contributed by atoms with Crippen LogP contribution in [0.15, 0.2) is 30.3 Å². The molecule has 1 saturated heterocycles. The smallest absolute Gasteiger partial charge is 0.225 e. The quantitative estimate of drug-likeness (QED) is 0.863. The fourth-order valence-corrected chi connectivity index (χ4v) is 3.50. The van der Waals surface area contributed by atoms with Gasteiger partial charge in [-0.3, -0.25) is 9.69 Å². The molecule has 0 unspecified atom stereocenters. The molecular formula is C19H30N2O3. The van der Waals surface area contributed by atoms with Gasteiger partial charge < -0.3 is 14.7 Å². The molecule has 3 atom stereocenters. The summed E-state index contributed by atoms with van der Waals surface area (Å²) in [7, 11) is 1.71. The average molecular weight is 334 g/mol. The minimum atomic E-state index is -1.14. The van der Waals surface area contributed by atoms with E-state index in [-0.39, 0.29) is 24.4 Å². The maximum absolute atomic E-state index is 12.7. The molecular weight excluding hydrogens is 304 g/mol. The second-order valence-corrected chi connectivity index (χ2v) is 7.04. The minimum absolute atomic E-state index is 0.00828. The summed E-state index contributed by atoms with van der Waals surface area (Å²) in [4.78, 5) is 17.0. The molecule has 1 aliphatic rings. The van der Waals surface area contributed by atoms with Crippen LogP contribution in [0.2, 0.25) is 0 Å². The highest BCUT2D eigenvalue weighted by Crippen LogP contribution is 2.26. The summed E-state index contributed by atoms with van der Waals surface area (Å²) in [6.45, 7) is 8.95. The van der Waals surface area contributed by atoms with Gasteiger partial charge in [0.05, 0.1) is 18.6 Å². The van der Waals surface area contributed by atoms with E-state index in [0.29, 0.717) is 19.7 Å². The van der Waals surface area contributed by atoms with E-state index in [2.05, 4.69) is 18.7 Å². The molecule has 0 aliphatic carbocycles. The summed E-state index contributed by atoms with van der Waals surface area (Å²) in [6, 6.07) is 9.97. The minimum Gasteiger partial charge on any atom is -0.385 e. The van der Waals surface area contributed by atoms with Crippen molar-refractivity contribution in [1.82, 2.24) is 9.80 Å². The van der Waals surface area contributed by atoms with Crippen molar-refractivity contribution in [2.75, 3.05) is 33.4 Å². The second kappa shape index (κ2) is 8.10. The van der Waals surface area contributed by atoms with Crippen molar-refractivity contribution in [3.63, 3.8) is 0 Å². The highest BCUT2D eigenvalue weighted by Gasteiger charge is 2.34. The summed E-state index contributed by atoms with van der Waals surface area (Å²) in [5.41, 5.74) is -0.365. The Morgan fingerprint density at radius 2 is 1.83 bits per heavy atom. The number of hydrogen-bond acceptors (Lipinski definition) is 4. The topological polar surface area (TPSA) is 53.0 Å². The summed E-state index contributed by atoms with van der Waals surface area (Å²) >= 11 is 0. The molecule has 1 aliphatic heterocycles. The number of ether oxygens (including phenoxy) is 1. The fraction of sp³-hybridized carbons (Fsp3) is 0.632. The maximum atomic E-state index is 12.7. The molecule has 2 rings (SSSR count). The lowest BCUT2D eigenvalue weighted by Crippen LogP contribution is -2.59. The number of benzene rings is 1. The number of nitrogens with zero attached hydrogens (tertiary/aromatic N) is 2. The molecule has 5 nitrogen and oxygen atoms in total. The van der Waals surface area contributed by atoms with E-state index < -0.39 is 5.60 Å². The van der Waals surface area contributed by atoms with E-state index in [4.69, 9.17) is 4.74 Å². The molecule has 1 amide bonds. The summed E-state index contributed by atoms with van der Waals surface area (Å²) in [5, 5.41) is 10.7. The zero-order valence-corrected chi connectivity index (χ0v) is 15.2. The van der Waals surface area contributed by atoms with Crippen molar-refractivity contribution in [1.29, 1.82) is 0 Å². The first kappa shape index (κ1) is 18.9. The molecule has 1 fully saturated rings. The Labute approximate surface area is 145 Å². The first-order valence-electron chi connectivity index (χ1n) is 8.65. The third kappa shape index (κ3) is 4.56. The van der Waals surface area contributed by atoms with Crippen molar-refractivity contribution in [2.45, 2.75) is 44.9 Å². The van der Waals surface area contributed by atoms with E-state index in [9.17, 15) is 9.90 Å². The van der Waals surface area contributed by atoms with Gasteiger partial charge in [-0.25, -0.2) is 0 Å². The monoisotopic (exact) mass is 334 g/mol. The summed E-state index contributed by atoms with van der Waals surface area (Å²) in [6.07, 6.45) is 0.106. The Bertz CT molecular complexity index is 521. The lowest BCUT2D eigenvalue weighted by Gasteiger charge is -2.45. The zero-order chi connectivity index (χ0) is 17.7. The molecule has 1 N–H and O–H groups in total. The van der Waals surface area contributed by atoms with Gasteiger partial charge in [0.1, 0.15) is 0 Å². The van der Waals surface area contributed by atoms with E-state index >= 15 is 0 Å². The standard InChI is InChI=1S/C19H30N2O3/c1-15-13-20(14-16(2)21(15)10-11-24-4)18(22)12-19(3,23)17-8-6-5-7-9-17/h5-9,15-16,23H,10-14H2,1-4H3/t15-,16-,19+/m1/s1. The van der Waals surface area contributed by atoms with Crippen LogP contribution in [-0.2, 0) is 15.1 Å². The highest BCUT2D eigenvalue weighted by atomic mass is 16.5. The number of amides is 1. The summed E-state index contributed by atoms with van der Waals surface area (Å²) < 4.78 is 5.18. The van der Waals surface area contributed by atoms with Crippen molar-refractivity contribution >= 4 is 5.91 Å². The largest absolute Gasteiger partial charge is 0.385 e. The van der Waals surface area contributed by atoms with Crippen LogP contribution in [0.5, 0.6) is 0 Å². The predicted octanol–water partition coefficient (Wildman–Crippen LogP) is 1.85. The number of aliphatic hydroxyl groups is 1. The van der Waals surface area contributed by atoms with E-state index in [0.717, 1.165) is 12.1 Å². The lowest BCUT2D eigenvalue weighted by atomic mass is 9.91. The molecule has 134 valence electrons. The number of rotatable bonds is 6. The van der Waals surface area contributed by atoms with E-state index in [1.165, 1.54) is 0 Å². The average Bonchev–Trinajstić information content (AvgIpc) is 2.54. The van der Waals surface area contributed by atoms with Crippen LogP contribution in [0.4, 0.5) is 0 Å². The molecule has 0 bridgehead atoms. The Morgan fingerprint density at radius 3 is 2.38 bits per heavy atom. The van der Waals surface area contributed by atoms with E-state index in [1.54, 1.807) is 14.0 Å². The van der Waals surface area contributed by atoms with Gasteiger partial charge in [0.25, 0.3) is 0 Å². The molecule has 5 heteroatoms. The second-order valence-electron chi connectivity index (χ2n) is 7.04. The molecule has 0 aromatic heterocycles. The highest BCUT2D eigenvalue weighted by molar-refractivity contribution is 5.77. The van der Waals surface area contributed by atoms with Crippen LogP contribution in [0.1, 0.15) is 32.8 Å². The third-order valence-corrected chi connectivity index (χ3v) is 4.90. The Balaban J connectivity index is 1.98. The van der Waals surface area contributed by atoms with Gasteiger partial charge in [-0.2, -0.15) is 0 Å². The van der Waals surface area contributed by atoms with E-state index in [1.807, 2.05) is 35.2 Å². The van der Waals surface area contributed by atoms with Gasteiger partial charge in [-0.15, -0.1) is 0 Å². The van der Waals surface area contributed by atoms with Crippen LogP contribution in [-0.4, -0.2) is 66.2 Å². The first-order valence-corrected chi connectivity index (χ1v) is 8.65. The molecule has 1 aromatic carbocycles. The summed E-state index contributed by atoms with van der Waals surface area (Å²) in [5.74, 6) is 0.00828. The number of methoxy groups -OCH3 is 1. The van der Waals surface area contributed by atoms with Crippen LogP contribution in [0.3, 0.4) is 0 Å². The van der Waals surface area contributed by atoms with Crippen LogP contribution < -0.4 is 0 Å². The number of carbonyl (C=O) groups is 1. The fourth-order valence-electron chi connectivity index (χ4n) is 3.50. The molecule has 1 aromatic rings. The van der Waals surface area contributed by atoms with Gasteiger partial charge >= 0.3 is 0 Å². The van der Waals surface area contributed by atoms with Gasteiger partial charge in [-0.1, -0.05) is 30.3 Å². The molecule has 24 heavy (non-hydrogen) atoms. The van der Waals surface area contributed by atoms with Gasteiger partial charge in [-0.05, 0) is 26.3 Å². The van der Waals surface area contributed by atoms with Crippen LogP contribution in [0.25, 0.3) is 0 Å². The Hall–Kier alpha value is -1.43. The Kier molecular flexibility index (Phi) is 6.38. The normalized spacial score (nSPS) is 24.6. The van der Waals surface area contributed by atoms with Crippen LogP contribution >= 0.6 is 0 Å². The zero-order valence-electron chi connectivity index (χ0n) is 15.2. The number of carbonyl (C=O) groups excluding carboxylic acids is 1. The molecule has 0 saturated carbocycles.